The number of hydrogen-bond acceptors (Lipinski definition) is 4. The Morgan fingerprint density at radius 1 is 1.12 bits per heavy atom. The topological polar surface area (TPSA) is 56.1 Å². The summed E-state index contributed by atoms with van der Waals surface area (Å²) in [5.41, 5.74) is 3.39. The largest absolute Gasteiger partial charge is 0.462 e. The molecule has 1 aromatic heterocycles. The fourth-order valence-corrected chi connectivity index (χ4v) is 2.39. The van der Waals surface area contributed by atoms with Gasteiger partial charge in [-0.1, -0.05) is 30.3 Å². The fourth-order valence-electron chi connectivity index (χ4n) is 2.39. The Morgan fingerprint density at radius 3 is 2.50 bits per heavy atom. The number of benzene rings is 2. The molecule has 5 heteroatoms. The van der Waals surface area contributed by atoms with E-state index in [0.29, 0.717) is 12.2 Å². The van der Waals surface area contributed by atoms with E-state index in [1.54, 1.807) is 23.7 Å². The molecule has 2 aromatic carbocycles. The number of aryl methyl sites for hydroxylation is 1. The van der Waals surface area contributed by atoms with Gasteiger partial charge >= 0.3 is 5.97 Å². The number of rotatable bonds is 5. The summed E-state index contributed by atoms with van der Waals surface area (Å²) in [6.07, 6.45) is 0. The third-order valence-corrected chi connectivity index (χ3v) is 3.62. The molecule has 0 saturated carbocycles. The van der Waals surface area contributed by atoms with Gasteiger partial charge in [-0.05, 0) is 31.2 Å². The molecular weight excluding hydrogens is 302 g/mol. The van der Waals surface area contributed by atoms with Crippen LogP contribution in [0.25, 0.3) is 11.3 Å². The van der Waals surface area contributed by atoms with E-state index in [9.17, 15) is 4.79 Å². The minimum Gasteiger partial charge on any atom is -0.462 e. The average Bonchev–Trinajstić information content (AvgIpc) is 2.97. The van der Waals surface area contributed by atoms with Crippen molar-refractivity contribution in [1.29, 1.82) is 0 Å². The molecule has 0 fully saturated rings. The molecule has 3 rings (SSSR count). The van der Waals surface area contributed by atoms with Crippen LogP contribution < -0.4 is 5.32 Å². The third-order valence-electron chi connectivity index (χ3n) is 3.62. The highest BCUT2D eigenvalue weighted by atomic mass is 16.5. The van der Waals surface area contributed by atoms with Gasteiger partial charge in [0, 0.05) is 24.4 Å². The Hall–Kier alpha value is -3.08. The van der Waals surface area contributed by atoms with Crippen LogP contribution in [0.15, 0.2) is 60.7 Å². The smallest absolute Gasteiger partial charge is 0.338 e. The fraction of sp³-hybridized carbons (Fsp3) is 0.158. The first-order valence-corrected chi connectivity index (χ1v) is 7.81. The standard InChI is InChI=1S/C19H19N3O2/c1-3-24-19(23)15-9-11-16(12-10-15)20-18-13-17(21-22(18)2)14-7-5-4-6-8-14/h4-13,20H,3H2,1-2H3. The summed E-state index contributed by atoms with van der Waals surface area (Å²) in [6, 6.07) is 19.2. The number of carbonyl (C=O) groups excluding carboxylic acids is 1. The zero-order valence-electron chi connectivity index (χ0n) is 13.7. The molecule has 0 saturated heterocycles. The van der Waals surface area contributed by atoms with Gasteiger partial charge in [-0.25, -0.2) is 4.79 Å². The Bertz CT molecular complexity index is 824. The lowest BCUT2D eigenvalue weighted by Gasteiger charge is -2.07. The first kappa shape index (κ1) is 15.8. The molecule has 0 aliphatic rings. The number of hydrogen-bond donors (Lipinski definition) is 1. The van der Waals surface area contributed by atoms with Crippen molar-refractivity contribution in [3.8, 4) is 11.3 Å². The van der Waals surface area contributed by atoms with Crippen molar-refractivity contribution in [3.05, 3.63) is 66.2 Å². The van der Waals surface area contributed by atoms with Crippen molar-refractivity contribution in [2.24, 2.45) is 7.05 Å². The van der Waals surface area contributed by atoms with Gasteiger partial charge in [0.15, 0.2) is 0 Å². The first-order valence-electron chi connectivity index (χ1n) is 7.81. The van der Waals surface area contributed by atoms with Gasteiger partial charge in [-0.2, -0.15) is 5.10 Å². The highest BCUT2D eigenvalue weighted by Gasteiger charge is 2.09. The molecule has 0 aliphatic carbocycles. The van der Waals surface area contributed by atoms with E-state index >= 15 is 0 Å². The molecule has 5 nitrogen and oxygen atoms in total. The molecule has 0 radical (unpaired) electrons. The normalized spacial score (nSPS) is 10.4. The summed E-state index contributed by atoms with van der Waals surface area (Å²) in [5, 5.41) is 7.84. The highest BCUT2D eigenvalue weighted by Crippen LogP contribution is 2.23. The number of ether oxygens (including phenoxy) is 1. The predicted molar refractivity (Wildman–Crippen MR) is 94.3 cm³/mol. The lowest BCUT2D eigenvalue weighted by molar-refractivity contribution is 0.0526. The van der Waals surface area contributed by atoms with E-state index in [0.717, 1.165) is 22.8 Å². The zero-order chi connectivity index (χ0) is 16.9. The number of aromatic nitrogens is 2. The Kier molecular flexibility index (Phi) is 4.61. The van der Waals surface area contributed by atoms with E-state index in [-0.39, 0.29) is 5.97 Å². The predicted octanol–water partition coefficient (Wildman–Crippen LogP) is 4.01. The summed E-state index contributed by atoms with van der Waals surface area (Å²) in [7, 11) is 1.89. The van der Waals surface area contributed by atoms with Gasteiger partial charge in [-0.15, -0.1) is 0 Å². The second-order valence-corrected chi connectivity index (χ2v) is 5.33. The average molecular weight is 321 g/mol. The first-order chi connectivity index (χ1) is 11.7. The van der Waals surface area contributed by atoms with Gasteiger partial charge < -0.3 is 10.1 Å². The SMILES string of the molecule is CCOC(=O)c1ccc(Nc2cc(-c3ccccc3)nn2C)cc1. The van der Waals surface area contributed by atoms with Crippen molar-refractivity contribution in [2.75, 3.05) is 11.9 Å². The summed E-state index contributed by atoms with van der Waals surface area (Å²) in [4.78, 5) is 11.7. The van der Waals surface area contributed by atoms with Crippen molar-refractivity contribution in [1.82, 2.24) is 9.78 Å². The van der Waals surface area contributed by atoms with Gasteiger partial charge in [0.05, 0.1) is 17.9 Å². The molecule has 0 atom stereocenters. The van der Waals surface area contributed by atoms with E-state index in [2.05, 4.69) is 10.4 Å². The van der Waals surface area contributed by atoms with Crippen LogP contribution in [0.3, 0.4) is 0 Å². The van der Waals surface area contributed by atoms with Crippen molar-refractivity contribution >= 4 is 17.5 Å². The second kappa shape index (κ2) is 7.00. The van der Waals surface area contributed by atoms with Crippen LogP contribution in [-0.2, 0) is 11.8 Å². The molecular formula is C19H19N3O2. The molecule has 0 unspecified atom stereocenters. The van der Waals surface area contributed by atoms with Gasteiger partial charge in [0.25, 0.3) is 0 Å². The van der Waals surface area contributed by atoms with Crippen LogP contribution in [-0.4, -0.2) is 22.4 Å². The number of esters is 1. The third kappa shape index (κ3) is 3.46. The maximum atomic E-state index is 11.7. The second-order valence-electron chi connectivity index (χ2n) is 5.33. The van der Waals surface area contributed by atoms with E-state index in [1.807, 2.05) is 55.6 Å². The minimum absolute atomic E-state index is 0.309. The van der Waals surface area contributed by atoms with Crippen LogP contribution in [0.5, 0.6) is 0 Å². The molecule has 122 valence electrons. The minimum atomic E-state index is -0.309. The molecule has 0 aliphatic heterocycles. The number of carbonyl (C=O) groups is 1. The van der Waals surface area contributed by atoms with Crippen molar-refractivity contribution in [3.63, 3.8) is 0 Å². The quantitative estimate of drug-likeness (QED) is 0.722. The van der Waals surface area contributed by atoms with E-state index in [4.69, 9.17) is 4.74 Å². The molecule has 3 aromatic rings. The van der Waals surface area contributed by atoms with Crippen LogP contribution in [0.4, 0.5) is 11.5 Å². The van der Waals surface area contributed by atoms with Gasteiger partial charge in [0.2, 0.25) is 0 Å². The van der Waals surface area contributed by atoms with E-state index < -0.39 is 0 Å². The van der Waals surface area contributed by atoms with Crippen LogP contribution >= 0.6 is 0 Å². The highest BCUT2D eigenvalue weighted by molar-refractivity contribution is 5.89. The lowest BCUT2D eigenvalue weighted by Crippen LogP contribution is -2.04. The lowest BCUT2D eigenvalue weighted by atomic mass is 10.1. The number of nitrogens with one attached hydrogen (secondary N) is 1. The Morgan fingerprint density at radius 2 is 1.83 bits per heavy atom. The van der Waals surface area contributed by atoms with Gasteiger partial charge in [0.1, 0.15) is 5.82 Å². The van der Waals surface area contributed by atoms with Crippen LogP contribution in [0.1, 0.15) is 17.3 Å². The molecule has 0 bridgehead atoms. The zero-order valence-corrected chi connectivity index (χ0v) is 13.7. The maximum Gasteiger partial charge on any atom is 0.338 e. The Balaban J connectivity index is 1.77. The van der Waals surface area contributed by atoms with Gasteiger partial charge in [-0.3, -0.25) is 4.68 Å². The molecule has 1 N–H and O–H groups in total. The van der Waals surface area contributed by atoms with Crippen molar-refractivity contribution in [2.45, 2.75) is 6.92 Å². The van der Waals surface area contributed by atoms with Crippen LogP contribution in [0, 0.1) is 0 Å². The summed E-state index contributed by atoms with van der Waals surface area (Å²) < 4.78 is 6.78. The number of anilines is 2. The van der Waals surface area contributed by atoms with Crippen LogP contribution in [0.2, 0.25) is 0 Å². The van der Waals surface area contributed by atoms with E-state index in [1.165, 1.54) is 0 Å². The molecule has 1 heterocycles. The molecule has 0 amide bonds. The monoisotopic (exact) mass is 321 g/mol. The summed E-state index contributed by atoms with van der Waals surface area (Å²) in [6.45, 7) is 2.16. The molecule has 0 spiro atoms. The summed E-state index contributed by atoms with van der Waals surface area (Å²) >= 11 is 0. The summed E-state index contributed by atoms with van der Waals surface area (Å²) in [5.74, 6) is 0.564. The number of nitrogens with zero attached hydrogens (tertiary/aromatic N) is 2. The maximum absolute atomic E-state index is 11.7. The van der Waals surface area contributed by atoms with Crippen molar-refractivity contribution < 1.29 is 9.53 Å². The molecule has 24 heavy (non-hydrogen) atoms. The Labute approximate surface area is 140 Å².